The number of carbonyl (C=O) groups excluding carboxylic acids is 1. The smallest absolute Gasteiger partial charge is 0.233 e. The summed E-state index contributed by atoms with van der Waals surface area (Å²) in [6.07, 6.45) is 4.93. The molecule has 2 heterocycles. The molecule has 1 N–H and O–H groups in total. The number of nitrogens with one attached hydrogen (secondary N) is 1. The van der Waals surface area contributed by atoms with Crippen molar-refractivity contribution in [3.8, 4) is 10.7 Å². The predicted octanol–water partition coefficient (Wildman–Crippen LogP) is 3.68. The minimum absolute atomic E-state index is 0.0363. The van der Waals surface area contributed by atoms with Crippen LogP contribution in [-0.2, 0) is 24.7 Å². The number of nitrogens with zero attached hydrogens (tertiary/aromatic N) is 3. The largest absolute Gasteiger partial charge is 0.355 e. The monoisotopic (exact) mass is 378 g/mol. The summed E-state index contributed by atoms with van der Waals surface area (Å²) in [5, 5.41) is 12.2. The van der Waals surface area contributed by atoms with Crippen molar-refractivity contribution in [3.05, 3.63) is 16.5 Å². The van der Waals surface area contributed by atoms with Gasteiger partial charge in [0.1, 0.15) is 0 Å². The fourth-order valence-corrected chi connectivity index (χ4v) is 5.29. The maximum atomic E-state index is 11.9. The van der Waals surface area contributed by atoms with Gasteiger partial charge in [0, 0.05) is 18.5 Å². The zero-order chi connectivity index (χ0) is 18.0. The van der Waals surface area contributed by atoms with E-state index in [9.17, 15) is 4.79 Å². The first-order chi connectivity index (χ1) is 12.0. The highest BCUT2D eigenvalue weighted by atomic mass is 32.2. The molecule has 0 unspecified atom stereocenters. The highest BCUT2D eigenvalue weighted by Gasteiger charge is 2.23. The van der Waals surface area contributed by atoms with Crippen LogP contribution in [0.2, 0.25) is 0 Å². The van der Waals surface area contributed by atoms with Crippen LogP contribution in [0, 0.1) is 5.92 Å². The Bertz CT molecular complexity index is 752. The molecule has 0 spiro atoms. The average Bonchev–Trinajstić information content (AvgIpc) is 3.18. The lowest BCUT2D eigenvalue weighted by atomic mass is 9.87. The second kappa shape index (κ2) is 7.91. The van der Waals surface area contributed by atoms with Crippen LogP contribution in [0.3, 0.4) is 0 Å². The Hall–Kier alpha value is -1.34. The van der Waals surface area contributed by atoms with E-state index >= 15 is 0 Å². The number of fused-ring (bicyclic) bond motifs is 1. The molecule has 1 amide bonds. The van der Waals surface area contributed by atoms with Crippen LogP contribution in [0.15, 0.2) is 11.2 Å². The van der Waals surface area contributed by atoms with Gasteiger partial charge in [-0.25, -0.2) is 0 Å². The van der Waals surface area contributed by atoms with Gasteiger partial charge in [0.15, 0.2) is 11.0 Å². The van der Waals surface area contributed by atoms with Gasteiger partial charge in [-0.15, -0.1) is 21.5 Å². The van der Waals surface area contributed by atoms with Gasteiger partial charge >= 0.3 is 0 Å². The molecule has 2 aromatic heterocycles. The highest BCUT2D eigenvalue weighted by Crippen LogP contribution is 2.38. The zero-order valence-electron chi connectivity index (χ0n) is 15.3. The molecule has 25 heavy (non-hydrogen) atoms. The normalized spacial score (nSPS) is 18.0. The standard InChI is InChI=1S/C18H26N4OS2/c1-5-12-7-8-14-13(9-12)10-15(25-14)16-20-21-18(22(16)4)24-11(3)17(23)19-6-2/h10-12H,5-9H2,1-4H3,(H,19,23)/t11-,12+/m0/s1. The van der Waals surface area contributed by atoms with Crippen molar-refractivity contribution >= 4 is 29.0 Å². The number of thioether (sulfide) groups is 1. The van der Waals surface area contributed by atoms with Crippen molar-refractivity contribution in [3.63, 3.8) is 0 Å². The quantitative estimate of drug-likeness (QED) is 0.779. The van der Waals surface area contributed by atoms with E-state index in [1.807, 2.05) is 36.8 Å². The van der Waals surface area contributed by atoms with Gasteiger partial charge in [-0.2, -0.15) is 0 Å². The van der Waals surface area contributed by atoms with E-state index in [2.05, 4.69) is 28.5 Å². The van der Waals surface area contributed by atoms with E-state index in [-0.39, 0.29) is 11.2 Å². The van der Waals surface area contributed by atoms with E-state index in [0.29, 0.717) is 6.54 Å². The summed E-state index contributed by atoms with van der Waals surface area (Å²) in [5.74, 6) is 1.76. The fraction of sp³-hybridized carbons (Fsp3) is 0.611. The second-order valence-corrected chi connectivity index (χ2v) is 9.04. The summed E-state index contributed by atoms with van der Waals surface area (Å²) < 4.78 is 2.01. The van der Waals surface area contributed by atoms with Crippen LogP contribution < -0.4 is 5.32 Å². The molecule has 3 rings (SSSR count). The maximum absolute atomic E-state index is 11.9. The van der Waals surface area contributed by atoms with Crippen molar-refractivity contribution in [2.75, 3.05) is 6.54 Å². The number of thiophene rings is 1. The highest BCUT2D eigenvalue weighted by molar-refractivity contribution is 8.00. The Morgan fingerprint density at radius 1 is 1.48 bits per heavy atom. The van der Waals surface area contributed by atoms with Crippen molar-refractivity contribution < 1.29 is 4.79 Å². The van der Waals surface area contributed by atoms with Crippen molar-refractivity contribution in [1.82, 2.24) is 20.1 Å². The second-order valence-electron chi connectivity index (χ2n) is 6.60. The summed E-state index contributed by atoms with van der Waals surface area (Å²) >= 11 is 3.30. The molecule has 0 aliphatic heterocycles. The van der Waals surface area contributed by atoms with E-state index in [1.54, 1.807) is 0 Å². The molecule has 2 aromatic rings. The Balaban J connectivity index is 1.78. The van der Waals surface area contributed by atoms with Gasteiger partial charge in [-0.3, -0.25) is 4.79 Å². The maximum Gasteiger partial charge on any atom is 0.233 e. The van der Waals surface area contributed by atoms with Gasteiger partial charge in [-0.1, -0.05) is 25.1 Å². The lowest BCUT2D eigenvalue weighted by molar-refractivity contribution is -0.120. The third-order valence-electron chi connectivity index (χ3n) is 4.82. The number of rotatable bonds is 6. The lowest BCUT2D eigenvalue weighted by Crippen LogP contribution is -2.30. The van der Waals surface area contributed by atoms with Gasteiger partial charge in [-0.05, 0) is 50.7 Å². The molecule has 5 nitrogen and oxygen atoms in total. The topological polar surface area (TPSA) is 59.8 Å². The first kappa shape index (κ1) is 18.5. The molecular formula is C18H26N4OS2. The number of hydrogen-bond acceptors (Lipinski definition) is 5. The SMILES string of the molecule is CCNC(=O)[C@H](C)Sc1nnc(-c2cc3c(s2)CC[C@@H](CC)C3)n1C. The molecule has 7 heteroatoms. The number of carbonyl (C=O) groups is 1. The Labute approximate surface area is 157 Å². The van der Waals surface area contributed by atoms with Crippen molar-refractivity contribution in [1.29, 1.82) is 0 Å². The molecule has 2 atom stereocenters. The van der Waals surface area contributed by atoms with Gasteiger partial charge in [0.25, 0.3) is 0 Å². The van der Waals surface area contributed by atoms with Crippen LogP contribution in [0.25, 0.3) is 10.7 Å². The summed E-state index contributed by atoms with van der Waals surface area (Å²) in [4.78, 5) is 14.6. The van der Waals surface area contributed by atoms with E-state index in [1.165, 1.54) is 52.8 Å². The molecule has 1 aliphatic rings. The van der Waals surface area contributed by atoms with E-state index in [0.717, 1.165) is 16.9 Å². The minimum Gasteiger partial charge on any atom is -0.355 e. The van der Waals surface area contributed by atoms with E-state index in [4.69, 9.17) is 0 Å². The zero-order valence-corrected chi connectivity index (χ0v) is 17.0. The van der Waals surface area contributed by atoms with Crippen LogP contribution in [0.4, 0.5) is 0 Å². The lowest BCUT2D eigenvalue weighted by Gasteiger charge is -2.19. The summed E-state index contributed by atoms with van der Waals surface area (Å²) in [6.45, 7) is 6.76. The van der Waals surface area contributed by atoms with Crippen LogP contribution >= 0.6 is 23.1 Å². The van der Waals surface area contributed by atoms with Gasteiger partial charge in [0.2, 0.25) is 5.91 Å². The molecule has 0 radical (unpaired) electrons. The number of amides is 1. The average molecular weight is 379 g/mol. The summed E-state index contributed by atoms with van der Waals surface area (Å²) in [6, 6.07) is 2.30. The van der Waals surface area contributed by atoms with Crippen LogP contribution in [-0.4, -0.2) is 32.5 Å². The van der Waals surface area contributed by atoms with Crippen LogP contribution in [0.5, 0.6) is 0 Å². The number of aryl methyl sites for hydroxylation is 1. The van der Waals surface area contributed by atoms with Crippen molar-refractivity contribution in [2.24, 2.45) is 13.0 Å². The van der Waals surface area contributed by atoms with Gasteiger partial charge < -0.3 is 9.88 Å². The summed E-state index contributed by atoms with van der Waals surface area (Å²) in [7, 11) is 1.98. The molecule has 136 valence electrons. The number of hydrogen-bond donors (Lipinski definition) is 1. The first-order valence-corrected chi connectivity index (χ1v) is 10.7. The molecule has 0 aromatic carbocycles. The molecule has 0 bridgehead atoms. The minimum atomic E-state index is -0.183. The van der Waals surface area contributed by atoms with Gasteiger partial charge in [0.05, 0.1) is 10.1 Å². The molecule has 1 aliphatic carbocycles. The molecule has 0 saturated carbocycles. The third-order valence-corrected chi connectivity index (χ3v) is 7.19. The fourth-order valence-electron chi connectivity index (χ4n) is 3.22. The molecule has 0 fully saturated rings. The Morgan fingerprint density at radius 2 is 2.28 bits per heavy atom. The van der Waals surface area contributed by atoms with Crippen molar-refractivity contribution in [2.45, 2.75) is 56.9 Å². The molecule has 0 saturated heterocycles. The van der Waals surface area contributed by atoms with E-state index < -0.39 is 0 Å². The Kier molecular flexibility index (Phi) is 5.84. The predicted molar refractivity (Wildman–Crippen MR) is 104 cm³/mol. The number of aromatic nitrogens is 3. The summed E-state index contributed by atoms with van der Waals surface area (Å²) in [5.41, 5.74) is 1.49. The third kappa shape index (κ3) is 3.92. The van der Waals surface area contributed by atoms with Crippen LogP contribution in [0.1, 0.15) is 44.1 Å². The first-order valence-electron chi connectivity index (χ1n) is 8.99. The molecular weight excluding hydrogens is 352 g/mol. The Morgan fingerprint density at radius 3 is 3.00 bits per heavy atom.